The van der Waals surface area contributed by atoms with Crippen molar-refractivity contribution in [2.24, 2.45) is 0 Å². The number of benzene rings is 1. The summed E-state index contributed by atoms with van der Waals surface area (Å²) in [5.41, 5.74) is 1.00. The summed E-state index contributed by atoms with van der Waals surface area (Å²) in [4.78, 5) is 22.3. The van der Waals surface area contributed by atoms with Crippen molar-refractivity contribution in [2.45, 2.75) is 0 Å². The fourth-order valence-electron chi connectivity index (χ4n) is 2.07. The number of hydrogen-bond acceptors (Lipinski definition) is 7. The molecule has 1 amide bonds. The number of nitrogens with zero attached hydrogens (tertiary/aromatic N) is 3. The van der Waals surface area contributed by atoms with Crippen LogP contribution in [0.5, 0.6) is 11.5 Å². The standard InChI is InChI=1S/C17H23N5O3/c1-22(2)8-7-18-17(23)14-10-16(20-11-19-14)21-13-6-5-12(24-3)9-15(13)25-4/h5-6,9-11H,7-8H2,1-4H3,(H,18,23)(H,19,20,21). The van der Waals surface area contributed by atoms with Crippen LogP contribution in [0, 0.1) is 0 Å². The van der Waals surface area contributed by atoms with Gasteiger partial charge in [0.1, 0.15) is 29.3 Å². The van der Waals surface area contributed by atoms with Gasteiger partial charge in [-0.25, -0.2) is 9.97 Å². The van der Waals surface area contributed by atoms with E-state index in [1.807, 2.05) is 25.1 Å². The molecule has 2 N–H and O–H groups in total. The first-order chi connectivity index (χ1) is 12.0. The third-order valence-corrected chi connectivity index (χ3v) is 3.42. The first kappa shape index (κ1) is 18.5. The number of likely N-dealkylation sites (N-methyl/N-ethyl adjacent to an activating group) is 1. The fraction of sp³-hybridized carbons (Fsp3) is 0.353. The van der Waals surface area contributed by atoms with Crippen LogP contribution in [-0.4, -0.2) is 62.2 Å². The molecule has 1 aromatic heterocycles. The number of methoxy groups -OCH3 is 2. The molecule has 0 unspecified atom stereocenters. The van der Waals surface area contributed by atoms with Gasteiger partial charge in [-0.05, 0) is 26.2 Å². The molecule has 0 saturated heterocycles. The summed E-state index contributed by atoms with van der Waals surface area (Å²) in [5.74, 6) is 1.55. The summed E-state index contributed by atoms with van der Waals surface area (Å²) in [7, 11) is 7.05. The molecule has 25 heavy (non-hydrogen) atoms. The molecular formula is C17H23N5O3. The minimum atomic E-state index is -0.242. The van der Waals surface area contributed by atoms with Gasteiger partial charge in [-0.1, -0.05) is 0 Å². The molecule has 2 rings (SSSR count). The maximum atomic E-state index is 12.1. The molecule has 0 atom stereocenters. The van der Waals surface area contributed by atoms with Gasteiger partial charge in [0.05, 0.1) is 19.9 Å². The maximum Gasteiger partial charge on any atom is 0.270 e. The van der Waals surface area contributed by atoms with Gasteiger partial charge >= 0.3 is 0 Å². The van der Waals surface area contributed by atoms with Gasteiger partial charge in [0, 0.05) is 25.2 Å². The summed E-state index contributed by atoms with van der Waals surface area (Å²) in [5, 5.41) is 5.94. The van der Waals surface area contributed by atoms with Gasteiger partial charge < -0.3 is 25.0 Å². The van der Waals surface area contributed by atoms with E-state index in [1.54, 1.807) is 32.4 Å². The number of ether oxygens (including phenoxy) is 2. The number of rotatable bonds is 8. The van der Waals surface area contributed by atoms with Crippen molar-refractivity contribution < 1.29 is 14.3 Å². The maximum absolute atomic E-state index is 12.1. The normalized spacial score (nSPS) is 10.4. The average molecular weight is 345 g/mol. The van der Waals surface area contributed by atoms with Crippen molar-refractivity contribution in [3.05, 3.63) is 36.3 Å². The first-order valence-corrected chi connectivity index (χ1v) is 7.77. The Bertz CT molecular complexity index is 721. The Morgan fingerprint density at radius 1 is 1.16 bits per heavy atom. The lowest BCUT2D eigenvalue weighted by atomic mass is 10.2. The number of nitrogens with one attached hydrogen (secondary N) is 2. The first-order valence-electron chi connectivity index (χ1n) is 7.77. The summed E-state index contributed by atoms with van der Waals surface area (Å²) in [6, 6.07) is 6.98. The molecule has 8 nitrogen and oxygen atoms in total. The number of carbonyl (C=O) groups excluding carboxylic acids is 1. The van der Waals surface area contributed by atoms with Crippen LogP contribution in [0.2, 0.25) is 0 Å². The predicted molar refractivity (Wildman–Crippen MR) is 95.7 cm³/mol. The number of carbonyl (C=O) groups is 1. The van der Waals surface area contributed by atoms with Gasteiger partial charge in [-0.3, -0.25) is 4.79 Å². The van der Waals surface area contributed by atoms with Crippen LogP contribution < -0.4 is 20.1 Å². The van der Waals surface area contributed by atoms with Crippen molar-refractivity contribution in [1.29, 1.82) is 0 Å². The molecule has 8 heteroatoms. The highest BCUT2D eigenvalue weighted by atomic mass is 16.5. The zero-order valence-electron chi connectivity index (χ0n) is 14.9. The van der Waals surface area contributed by atoms with Crippen molar-refractivity contribution in [2.75, 3.05) is 46.7 Å². The summed E-state index contributed by atoms with van der Waals surface area (Å²) in [6.07, 6.45) is 1.35. The van der Waals surface area contributed by atoms with Crippen LogP contribution in [0.1, 0.15) is 10.5 Å². The van der Waals surface area contributed by atoms with Gasteiger partial charge in [-0.15, -0.1) is 0 Å². The van der Waals surface area contributed by atoms with E-state index in [1.165, 1.54) is 6.33 Å². The average Bonchev–Trinajstić information content (AvgIpc) is 2.62. The molecule has 0 fully saturated rings. The Hall–Kier alpha value is -2.87. The Labute approximate surface area is 147 Å². The molecule has 1 aromatic carbocycles. The van der Waals surface area contributed by atoms with E-state index in [4.69, 9.17) is 9.47 Å². The summed E-state index contributed by atoms with van der Waals surface area (Å²) >= 11 is 0. The fourth-order valence-corrected chi connectivity index (χ4v) is 2.07. The Balaban J connectivity index is 2.10. The summed E-state index contributed by atoms with van der Waals surface area (Å²) in [6.45, 7) is 1.30. The number of anilines is 2. The van der Waals surface area contributed by atoms with Crippen LogP contribution in [0.3, 0.4) is 0 Å². The minimum absolute atomic E-state index is 0.242. The smallest absolute Gasteiger partial charge is 0.270 e. The predicted octanol–water partition coefficient (Wildman–Crippen LogP) is 1.53. The second-order valence-corrected chi connectivity index (χ2v) is 5.54. The minimum Gasteiger partial charge on any atom is -0.497 e. The second-order valence-electron chi connectivity index (χ2n) is 5.54. The van der Waals surface area contributed by atoms with E-state index in [0.717, 1.165) is 6.54 Å². The van der Waals surface area contributed by atoms with Gasteiger partial charge in [-0.2, -0.15) is 0 Å². The molecule has 0 aliphatic carbocycles. The number of amides is 1. The lowest BCUT2D eigenvalue weighted by molar-refractivity contribution is 0.0946. The Kier molecular flexibility index (Phi) is 6.53. The van der Waals surface area contributed by atoms with Crippen LogP contribution >= 0.6 is 0 Å². The van der Waals surface area contributed by atoms with E-state index >= 15 is 0 Å². The van der Waals surface area contributed by atoms with E-state index in [9.17, 15) is 4.79 Å². The third kappa shape index (κ3) is 5.32. The Morgan fingerprint density at radius 3 is 2.64 bits per heavy atom. The van der Waals surface area contributed by atoms with E-state index in [2.05, 4.69) is 20.6 Å². The molecule has 2 aromatic rings. The van der Waals surface area contributed by atoms with Crippen molar-refractivity contribution in [1.82, 2.24) is 20.2 Å². The monoisotopic (exact) mass is 345 g/mol. The van der Waals surface area contributed by atoms with Gasteiger partial charge in [0.15, 0.2) is 0 Å². The SMILES string of the molecule is COc1ccc(Nc2cc(C(=O)NCCN(C)C)ncn2)c(OC)c1. The van der Waals surface area contributed by atoms with Crippen LogP contribution in [-0.2, 0) is 0 Å². The van der Waals surface area contributed by atoms with E-state index in [-0.39, 0.29) is 5.91 Å². The largest absolute Gasteiger partial charge is 0.497 e. The molecule has 0 spiro atoms. The number of aromatic nitrogens is 2. The van der Waals surface area contributed by atoms with E-state index in [0.29, 0.717) is 35.2 Å². The van der Waals surface area contributed by atoms with Crippen molar-refractivity contribution >= 4 is 17.4 Å². The molecule has 1 heterocycles. The van der Waals surface area contributed by atoms with Gasteiger partial charge in [0.2, 0.25) is 0 Å². The third-order valence-electron chi connectivity index (χ3n) is 3.42. The highest BCUT2D eigenvalue weighted by Gasteiger charge is 2.10. The zero-order valence-corrected chi connectivity index (χ0v) is 14.9. The summed E-state index contributed by atoms with van der Waals surface area (Å²) < 4.78 is 10.5. The quantitative estimate of drug-likeness (QED) is 0.750. The zero-order chi connectivity index (χ0) is 18.2. The molecule has 0 bridgehead atoms. The van der Waals surface area contributed by atoms with E-state index < -0.39 is 0 Å². The molecule has 0 radical (unpaired) electrons. The number of hydrogen-bond donors (Lipinski definition) is 2. The van der Waals surface area contributed by atoms with Crippen LogP contribution in [0.15, 0.2) is 30.6 Å². The molecule has 134 valence electrons. The van der Waals surface area contributed by atoms with Crippen molar-refractivity contribution in [3.8, 4) is 11.5 Å². The topological polar surface area (TPSA) is 88.6 Å². The molecule has 0 aliphatic heterocycles. The van der Waals surface area contributed by atoms with Crippen LogP contribution in [0.4, 0.5) is 11.5 Å². The van der Waals surface area contributed by atoms with Crippen LogP contribution in [0.25, 0.3) is 0 Å². The highest BCUT2D eigenvalue weighted by Crippen LogP contribution is 2.30. The Morgan fingerprint density at radius 2 is 1.96 bits per heavy atom. The van der Waals surface area contributed by atoms with Gasteiger partial charge in [0.25, 0.3) is 5.91 Å². The highest BCUT2D eigenvalue weighted by molar-refractivity contribution is 5.93. The molecule has 0 aliphatic rings. The lowest BCUT2D eigenvalue weighted by Gasteiger charge is -2.13. The molecular weight excluding hydrogens is 322 g/mol. The molecule has 0 saturated carbocycles. The second kappa shape index (κ2) is 8.84. The van der Waals surface area contributed by atoms with Crippen molar-refractivity contribution in [3.63, 3.8) is 0 Å². The lowest BCUT2D eigenvalue weighted by Crippen LogP contribution is -2.31.